The Labute approximate surface area is 103 Å². The molecule has 0 saturated carbocycles. The first-order chi connectivity index (χ1) is 8.29. The Morgan fingerprint density at radius 3 is 3.00 bits per heavy atom. The van der Waals surface area contributed by atoms with Crippen molar-refractivity contribution in [2.45, 2.75) is 19.3 Å². The Balaban J connectivity index is 2.47. The van der Waals surface area contributed by atoms with E-state index >= 15 is 0 Å². The first-order valence-electron chi connectivity index (χ1n) is 6.15. The average Bonchev–Trinajstić information content (AvgIpc) is 2.39. The lowest BCUT2D eigenvalue weighted by Crippen LogP contribution is -2.44. The van der Waals surface area contributed by atoms with Crippen LogP contribution in [-0.4, -0.2) is 50.7 Å². The molecule has 0 aliphatic carbocycles. The predicted octanol–water partition coefficient (Wildman–Crippen LogP) is 0.375. The van der Waals surface area contributed by atoms with E-state index in [0.717, 1.165) is 25.9 Å². The van der Waals surface area contributed by atoms with Gasteiger partial charge < -0.3 is 15.0 Å². The average molecular weight is 239 g/mol. The molecule has 1 aliphatic heterocycles. The number of amides is 1. The Bertz CT molecular complexity index is 269. The number of carbonyl (C=O) groups is 1. The van der Waals surface area contributed by atoms with Crippen LogP contribution in [0.1, 0.15) is 19.3 Å². The summed E-state index contributed by atoms with van der Waals surface area (Å²) >= 11 is 0. The van der Waals surface area contributed by atoms with Gasteiger partial charge in [-0.3, -0.25) is 4.79 Å². The maximum Gasteiger partial charge on any atom is 0.227 e. The number of methoxy groups -OCH3 is 1. The zero-order valence-corrected chi connectivity index (χ0v) is 10.4. The van der Waals surface area contributed by atoms with Crippen LogP contribution in [0.4, 0.5) is 0 Å². The summed E-state index contributed by atoms with van der Waals surface area (Å²) < 4.78 is 5.00. The Morgan fingerprint density at radius 1 is 1.59 bits per heavy atom. The third-order valence-electron chi connectivity index (χ3n) is 3.02. The molecule has 0 unspecified atom stereocenters. The Morgan fingerprint density at radius 2 is 2.41 bits per heavy atom. The summed E-state index contributed by atoms with van der Waals surface area (Å²) in [4.78, 5) is 14.0. The zero-order chi connectivity index (χ0) is 12.5. The van der Waals surface area contributed by atoms with Crippen molar-refractivity contribution in [1.29, 1.82) is 5.26 Å². The Hall–Kier alpha value is -1.12. The highest BCUT2D eigenvalue weighted by Crippen LogP contribution is 2.13. The molecular weight excluding hydrogens is 218 g/mol. The fraction of sp³-hybridized carbons (Fsp3) is 0.833. The van der Waals surface area contributed by atoms with Crippen LogP contribution in [0.5, 0.6) is 0 Å². The molecule has 1 rings (SSSR count). The number of hydrogen-bond acceptors (Lipinski definition) is 4. The largest absolute Gasteiger partial charge is 0.383 e. The molecular formula is C12H21N3O2. The van der Waals surface area contributed by atoms with Gasteiger partial charge in [-0.05, 0) is 19.4 Å². The summed E-state index contributed by atoms with van der Waals surface area (Å²) in [6.45, 7) is 3.37. The molecule has 1 atom stereocenters. The number of nitriles is 1. The number of carbonyl (C=O) groups excluding carboxylic acids is 1. The first-order valence-corrected chi connectivity index (χ1v) is 6.15. The van der Waals surface area contributed by atoms with E-state index in [-0.39, 0.29) is 11.8 Å². The van der Waals surface area contributed by atoms with Gasteiger partial charge in [-0.25, -0.2) is 0 Å². The summed E-state index contributed by atoms with van der Waals surface area (Å²) in [5.41, 5.74) is 0. The van der Waals surface area contributed by atoms with Gasteiger partial charge in [0.15, 0.2) is 0 Å². The third-order valence-corrected chi connectivity index (χ3v) is 3.02. The lowest BCUT2D eigenvalue weighted by Gasteiger charge is -2.29. The summed E-state index contributed by atoms with van der Waals surface area (Å²) in [5, 5.41) is 11.8. The van der Waals surface area contributed by atoms with Crippen LogP contribution >= 0.6 is 0 Å². The van der Waals surface area contributed by atoms with E-state index in [2.05, 4.69) is 11.4 Å². The maximum absolute atomic E-state index is 12.2. The predicted molar refractivity (Wildman–Crippen MR) is 64.3 cm³/mol. The van der Waals surface area contributed by atoms with Crippen LogP contribution in [0.3, 0.4) is 0 Å². The molecule has 0 bridgehead atoms. The van der Waals surface area contributed by atoms with Crippen molar-refractivity contribution in [3.63, 3.8) is 0 Å². The van der Waals surface area contributed by atoms with Crippen molar-refractivity contribution in [2.75, 3.05) is 39.9 Å². The van der Waals surface area contributed by atoms with Crippen molar-refractivity contribution >= 4 is 5.91 Å². The Kier molecular flexibility index (Phi) is 6.60. The molecule has 1 heterocycles. The number of hydrogen-bond donors (Lipinski definition) is 1. The SMILES string of the molecule is COCCN(CCC#N)C(=O)[C@@H]1CCCNC1. The van der Waals surface area contributed by atoms with Gasteiger partial charge in [-0.1, -0.05) is 0 Å². The van der Waals surface area contributed by atoms with Crippen molar-refractivity contribution in [3.8, 4) is 6.07 Å². The molecule has 1 amide bonds. The highest BCUT2D eigenvalue weighted by molar-refractivity contribution is 5.79. The van der Waals surface area contributed by atoms with E-state index < -0.39 is 0 Å². The summed E-state index contributed by atoms with van der Waals surface area (Å²) in [5.74, 6) is 0.226. The van der Waals surface area contributed by atoms with E-state index in [0.29, 0.717) is 26.1 Å². The lowest BCUT2D eigenvalue weighted by atomic mass is 9.98. The molecule has 5 nitrogen and oxygen atoms in total. The molecule has 1 aliphatic rings. The second-order valence-electron chi connectivity index (χ2n) is 4.27. The van der Waals surface area contributed by atoms with Crippen molar-refractivity contribution in [1.82, 2.24) is 10.2 Å². The third kappa shape index (κ3) is 4.72. The van der Waals surface area contributed by atoms with E-state index in [1.54, 1.807) is 12.0 Å². The highest BCUT2D eigenvalue weighted by atomic mass is 16.5. The van der Waals surface area contributed by atoms with Gasteiger partial charge >= 0.3 is 0 Å². The van der Waals surface area contributed by atoms with Gasteiger partial charge in [0.2, 0.25) is 5.91 Å². The smallest absolute Gasteiger partial charge is 0.227 e. The van der Waals surface area contributed by atoms with Gasteiger partial charge in [-0.15, -0.1) is 0 Å². The summed E-state index contributed by atoms with van der Waals surface area (Å²) in [6, 6.07) is 2.08. The summed E-state index contributed by atoms with van der Waals surface area (Å²) in [6.07, 6.45) is 2.38. The molecule has 96 valence electrons. The number of nitrogens with zero attached hydrogens (tertiary/aromatic N) is 2. The number of piperidine rings is 1. The topological polar surface area (TPSA) is 65.4 Å². The van der Waals surface area contributed by atoms with Gasteiger partial charge in [0.05, 0.1) is 25.0 Å². The van der Waals surface area contributed by atoms with E-state index in [4.69, 9.17) is 10.00 Å². The van der Waals surface area contributed by atoms with Crippen molar-refractivity contribution in [3.05, 3.63) is 0 Å². The number of nitrogens with one attached hydrogen (secondary N) is 1. The molecule has 1 saturated heterocycles. The lowest BCUT2D eigenvalue weighted by molar-refractivity contribution is -0.136. The van der Waals surface area contributed by atoms with Crippen LogP contribution in [0.15, 0.2) is 0 Å². The maximum atomic E-state index is 12.2. The van der Waals surface area contributed by atoms with Crippen LogP contribution in [0.25, 0.3) is 0 Å². The molecule has 0 aromatic rings. The molecule has 0 spiro atoms. The molecule has 1 N–H and O–H groups in total. The monoisotopic (exact) mass is 239 g/mol. The normalized spacial score (nSPS) is 19.6. The van der Waals surface area contributed by atoms with Crippen molar-refractivity contribution < 1.29 is 9.53 Å². The van der Waals surface area contributed by atoms with Gasteiger partial charge in [0, 0.05) is 26.7 Å². The second kappa shape index (κ2) is 8.04. The van der Waals surface area contributed by atoms with E-state index in [9.17, 15) is 4.79 Å². The van der Waals surface area contributed by atoms with Gasteiger partial charge in [0.25, 0.3) is 0 Å². The quantitative estimate of drug-likeness (QED) is 0.727. The molecule has 17 heavy (non-hydrogen) atoms. The minimum atomic E-state index is 0.0688. The molecule has 5 heteroatoms. The van der Waals surface area contributed by atoms with Crippen LogP contribution in [-0.2, 0) is 9.53 Å². The van der Waals surface area contributed by atoms with Crippen LogP contribution < -0.4 is 5.32 Å². The molecule has 0 aromatic carbocycles. The van der Waals surface area contributed by atoms with E-state index in [1.807, 2.05) is 0 Å². The fourth-order valence-electron chi connectivity index (χ4n) is 2.04. The van der Waals surface area contributed by atoms with Gasteiger partial charge in [0.1, 0.15) is 0 Å². The first kappa shape index (κ1) is 13.9. The van der Waals surface area contributed by atoms with Crippen LogP contribution in [0.2, 0.25) is 0 Å². The van der Waals surface area contributed by atoms with Crippen LogP contribution in [0, 0.1) is 17.2 Å². The van der Waals surface area contributed by atoms with Gasteiger partial charge in [-0.2, -0.15) is 5.26 Å². The number of ether oxygens (including phenoxy) is 1. The molecule has 0 aromatic heterocycles. The second-order valence-corrected chi connectivity index (χ2v) is 4.27. The van der Waals surface area contributed by atoms with E-state index in [1.165, 1.54) is 0 Å². The standard InChI is InChI=1S/C12H21N3O2/c1-17-9-8-15(7-3-5-13)12(16)11-4-2-6-14-10-11/h11,14H,2-4,6-10H2,1H3/t11-/m1/s1. The molecule has 1 fully saturated rings. The molecule has 0 radical (unpaired) electrons. The minimum Gasteiger partial charge on any atom is -0.383 e. The minimum absolute atomic E-state index is 0.0688. The number of rotatable bonds is 6. The zero-order valence-electron chi connectivity index (χ0n) is 10.4. The fourth-order valence-corrected chi connectivity index (χ4v) is 2.04. The van der Waals surface area contributed by atoms with Crippen molar-refractivity contribution in [2.24, 2.45) is 5.92 Å². The highest BCUT2D eigenvalue weighted by Gasteiger charge is 2.25. The summed E-state index contributed by atoms with van der Waals surface area (Å²) in [7, 11) is 1.62.